The first-order valence-electron chi connectivity index (χ1n) is 13.9. The summed E-state index contributed by atoms with van der Waals surface area (Å²) >= 11 is 3.53. The number of methoxy groups -OCH3 is 1. The Kier molecular flexibility index (Phi) is 22.9. The highest BCUT2D eigenvalue weighted by Gasteiger charge is 2.17. The first-order chi connectivity index (χ1) is 20.4. The van der Waals surface area contributed by atoms with Crippen LogP contribution in [0.5, 0.6) is 0 Å². The minimum absolute atomic E-state index is 0.276. The summed E-state index contributed by atoms with van der Waals surface area (Å²) in [7, 11) is 5.02. The minimum Gasteiger partial charge on any atom is -0.468 e. The number of amides is 1. The Morgan fingerprint density at radius 3 is 2.02 bits per heavy atom. The Balaban J connectivity index is 0.000000751. The monoisotopic (exact) mass is 596 g/mol. The molecule has 42 heavy (non-hydrogen) atoms. The Hall–Kier alpha value is -3.66. The SMILES string of the molecule is CCC[C@H](NCCNC(=O)c1cc(C=O)cc(NC)c1)C(=O)OC.CNCc1ccccc1.CS.Cc1ccccc1. The van der Waals surface area contributed by atoms with E-state index in [0.29, 0.717) is 42.6 Å². The highest BCUT2D eigenvalue weighted by atomic mass is 32.1. The van der Waals surface area contributed by atoms with Crippen molar-refractivity contribution in [2.45, 2.75) is 39.3 Å². The van der Waals surface area contributed by atoms with Crippen molar-refractivity contribution in [1.29, 1.82) is 0 Å². The first-order valence-corrected chi connectivity index (χ1v) is 14.8. The molecule has 230 valence electrons. The molecular formula is C33H48N4O4S. The fraction of sp³-hybridized carbons (Fsp3) is 0.364. The summed E-state index contributed by atoms with van der Waals surface area (Å²) in [5.74, 6) is -0.581. The van der Waals surface area contributed by atoms with Crippen LogP contribution in [0.1, 0.15) is 51.6 Å². The van der Waals surface area contributed by atoms with Crippen LogP contribution in [-0.4, -0.2) is 64.8 Å². The van der Waals surface area contributed by atoms with Crippen molar-refractivity contribution in [3.8, 4) is 0 Å². The highest BCUT2D eigenvalue weighted by Crippen LogP contribution is 2.13. The van der Waals surface area contributed by atoms with Crippen LogP contribution in [0.15, 0.2) is 78.9 Å². The summed E-state index contributed by atoms with van der Waals surface area (Å²) in [4.78, 5) is 34.7. The van der Waals surface area contributed by atoms with Crippen molar-refractivity contribution < 1.29 is 19.1 Å². The number of ether oxygens (including phenoxy) is 1. The lowest BCUT2D eigenvalue weighted by Gasteiger charge is -2.16. The Morgan fingerprint density at radius 1 is 0.929 bits per heavy atom. The third-order valence-electron chi connectivity index (χ3n) is 5.67. The number of hydrogen-bond donors (Lipinski definition) is 5. The van der Waals surface area contributed by atoms with Gasteiger partial charge in [-0.05, 0) is 50.4 Å². The molecule has 0 unspecified atom stereocenters. The number of aryl methyl sites for hydroxylation is 1. The number of anilines is 1. The third kappa shape index (κ3) is 17.2. The number of aldehydes is 1. The summed E-state index contributed by atoms with van der Waals surface area (Å²) in [6.45, 7) is 5.83. The molecule has 0 aliphatic carbocycles. The van der Waals surface area contributed by atoms with Crippen LogP contribution in [0, 0.1) is 6.92 Å². The van der Waals surface area contributed by atoms with Crippen LogP contribution in [0.25, 0.3) is 0 Å². The standard InChI is InChI=1S/C17H25N3O4.C8H11N.C7H8.CH4S/c1-4-5-15(17(23)24-3)19-6-7-20-16(22)13-8-12(11-21)9-14(10-13)18-2;1-9-7-8-5-3-2-4-6-8;1-7-5-3-2-4-6-7;1-2/h8-11,15,18-19H,4-7H2,1-3H3,(H,20,22);2-6,9H,7H2,1H3;2-6H,1H3;2H,1H3/t15-;;;/m0.../s1. The molecule has 0 aromatic heterocycles. The molecule has 0 bridgehead atoms. The molecule has 0 aliphatic heterocycles. The van der Waals surface area contributed by atoms with Gasteiger partial charge in [0.2, 0.25) is 0 Å². The molecule has 0 aliphatic rings. The second kappa shape index (κ2) is 25.1. The second-order valence-corrected chi connectivity index (χ2v) is 8.96. The van der Waals surface area contributed by atoms with Gasteiger partial charge in [0.1, 0.15) is 12.3 Å². The van der Waals surface area contributed by atoms with Crippen molar-refractivity contribution in [2.75, 3.05) is 45.9 Å². The van der Waals surface area contributed by atoms with Crippen LogP contribution < -0.4 is 21.3 Å². The van der Waals surface area contributed by atoms with Crippen LogP contribution in [0.3, 0.4) is 0 Å². The molecule has 3 rings (SSSR count). The lowest BCUT2D eigenvalue weighted by molar-refractivity contribution is -0.143. The van der Waals surface area contributed by atoms with Gasteiger partial charge >= 0.3 is 5.97 Å². The van der Waals surface area contributed by atoms with Crippen LogP contribution in [-0.2, 0) is 16.1 Å². The largest absolute Gasteiger partial charge is 0.468 e. The predicted octanol–water partition coefficient (Wildman–Crippen LogP) is 5.15. The number of carbonyl (C=O) groups is 3. The molecule has 0 spiro atoms. The predicted molar refractivity (Wildman–Crippen MR) is 178 cm³/mol. The lowest BCUT2D eigenvalue weighted by Crippen LogP contribution is -2.41. The number of benzene rings is 3. The van der Waals surface area contributed by atoms with Gasteiger partial charge in [-0.25, -0.2) is 0 Å². The normalized spacial score (nSPS) is 10.2. The number of rotatable bonds is 12. The maximum atomic E-state index is 12.2. The molecule has 0 fully saturated rings. The van der Waals surface area contributed by atoms with E-state index in [1.807, 2.05) is 50.4 Å². The third-order valence-corrected chi connectivity index (χ3v) is 5.67. The second-order valence-electron chi connectivity index (χ2n) is 8.96. The van der Waals surface area contributed by atoms with Gasteiger partial charge in [-0.15, -0.1) is 0 Å². The van der Waals surface area contributed by atoms with Gasteiger partial charge < -0.3 is 26.0 Å². The zero-order valence-corrected chi connectivity index (χ0v) is 26.7. The number of nitrogens with one attached hydrogen (secondary N) is 4. The molecule has 4 N–H and O–H groups in total. The molecule has 0 radical (unpaired) electrons. The lowest BCUT2D eigenvalue weighted by atomic mass is 10.1. The Morgan fingerprint density at radius 2 is 1.55 bits per heavy atom. The molecule has 0 heterocycles. The quantitative estimate of drug-likeness (QED) is 0.0852. The summed E-state index contributed by atoms with van der Waals surface area (Å²) in [6.07, 6.45) is 3.92. The van der Waals surface area contributed by atoms with E-state index in [0.717, 1.165) is 13.0 Å². The van der Waals surface area contributed by atoms with Crippen molar-refractivity contribution in [2.24, 2.45) is 0 Å². The topological polar surface area (TPSA) is 109 Å². The van der Waals surface area contributed by atoms with Gasteiger partial charge in [-0.3, -0.25) is 14.4 Å². The Bertz CT molecular complexity index is 1130. The maximum Gasteiger partial charge on any atom is 0.322 e. The van der Waals surface area contributed by atoms with Crippen molar-refractivity contribution in [3.63, 3.8) is 0 Å². The molecule has 1 amide bonds. The molecule has 8 nitrogen and oxygen atoms in total. The number of esters is 1. The van der Waals surface area contributed by atoms with E-state index in [1.54, 1.807) is 25.4 Å². The van der Waals surface area contributed by atoms with E-state index in [-0.39, 0.29) is 17.9 Å². The summed E-state index contributed by atoms with van der Waals surface area (Å²) < 4.78 is 4.73. The van der Waals surface area contributed by atoms with E-state index in [1.165, 1.54) is 24.3 Å². The molecular weight excluding hydrogens is 548 g/mol. The van der Waals surface area contributed by atoms with Gasteiger partial charge in [-0.2, -0.15) is 12.6 Å². The van der Waals surface area contributed by atoms with Crippen LogP contribution >= 0.6 is 12.6 Å². The number of thiol groups is 1. The smallest absolute Gasteiger partial charge is 0.322 e. The van der Waals surface area contributed by atoms with Crippen LogP contribution in [0.4, 0.5) is 5.69 Å². The molecule has 1 atom stereocenters. The van der Waals surface area contributed by atoms with Crippen LogP contribution in [0.2, 0.25) is 0 Å². The average molecular weight is 597 g/mol. The minimum atomic E-state index is -0.369. The zero-order valence-electron chi connectivity index (χ0n) is 25.8. The van der Waals surface area contributed by atoms with Crippen molar-refractivity contribution in [1.82, 2.24) is 16.0 Å². The molecule has 0 saturated heterocycles. The zero-order chi connectivity index (χ0) is 31.6. The number of carbonyl (C=O) groups excluding carboxylic acids is 3. The molecule has 3 aromatic carbocycles. The summed E-state index contributed by atoms with van der Waals surface area (Å²) in [6, 6.07) is 25.1. The fourth-order valence-corrected chi connectivity index (χ4v) is 3.59. The highest BCUT2D eigenvalue weighted by molar-refractivity contribution is 7.79. The summed E-state index contributed by atoms with van der Waals surface area (Å²) in [5.41, 5.74) is 4.18. The van der Waals surface area contributed by atoms with E-state index >= 15 is 0 Å². The van der Waals surface area contributed by atoms with E-state index in [4.69, 9.17) is 4.74 Å². The van der Waals surface area contributed by atoms with Gasteiger partial charge in [-0.1, -0.05) is 79.6 Å². The molecule has 0 saturated carbocycles. The van der Waals surface area contributed by atoms with Crippen molar-refractivity contribution in [3.05, 3.63) is 101 Å². The average Bonchev–Trinajstić information content (AvgIpc) is 3.04. The first kappa shape index (κ1) is 38.3. The van der Waals surface area contributed by atoms with Gasteiger partial charge in [0.15, 0.2) is 0 Å². The molecule has 3 aromatic rings. The van der Waals surface area contributed by atoms with Gasteiger partial charge in [0.25, 0.3) is 5.91 Å². The number of hydrogen-bond acceptors (Lipinski definition) is 8. The van der Waals surface area contributed by atoms with E-state index in [9.17, 15) is 14.4 Å². The Labute approximate surface area is 257 Å². The van der Waals surface area contributed by atoms with E-state index < -0.39 is 0 Å². The molecule has 9 heteroatoms. The summed E-state index contributed by atoms with van der Waals surface area (Å²) in [5, 5.41) is 11.8. The fourth-order valence-electron chi connectivity index (χ4n) is 3.59. The van der Waals surface area contributed by atoms with Crippen molar-refractivity contribution >= 4 is 36.5 Å². The van der Waals surface area contributed by atoms with Gasteiger partial charge in [0.05, 0.1) is 7.11 Å². The van der Waals surface area contributed by atoms with Gasteiger partial charge in [0, 0.05) is 43.5 Å². The van der Waals surface area contributed by atoms with E-state index in [2.05, 4.69) is 65.1 Å². The maximum absolute atomic E-state index is 12.2.